The maximum atomic E-state index is 5.87. The lowest BCUT2D eigenvalue weighted by atomic mass is 10.0. The average Bonchev–Trinajstić information content (AvgIpc) is 2.08. The molecule has 0 aromatic carbocycles. The Kier molecular flexibility index (Phi) is 4.05. The second-order valence-corrected chi connectivity index (χ2v) is 4.55. The summed E-state index contributed by atoms with van der Waals surface area (Å²) >= 11 is 11.4. The van der Waals surface area contributed by atoms with Gasteiger partial charge in [0, 0.05) is 29.2 Å². The van der Waals surface area contributed by atoms with Gasteiger partial charge in [-0.05, 0) is 13.8 Å². The third kappa shape index (κ3) is 3.13. The molecule has 1 fully saturated rings. The number of halogens is 2. The van der Waals surface area contributed by atoms with Crippen LogP contribution in [0.3, 0.4) is 0 Å². The predicted octanol–water partition coefficient (Wildman–Crippen LogP) is 2.42. The Labute approximate surface area is 89.4 Å². The van der Waals surface area contributed by atoms with Crippen LogP contribution in [0.4, 0.5) is 0 Å². The van der Waals surface area contributed by atoms with Crippen molar-refractivity contribution in [2.24, 2.45) is 0 Å². The average molecular weight is 224 g/mol. The van der Waals surface area contributed by atoms with Crippen molar-refractivity contribution in [2.45, 2.75) is 19.4 Å². The van der Waals surface area contributed by atoms with E-state index in [-0.39, 0.29) is 5.54 Å². The Balaban J connectivity index is 2.56. The van der Waals surface area contributed by atoms with E-state index in [2.05, 4.69) is 18.7 Å². The van der Waals surface area contributed by atoms with E-state index in [9.17, 15) is 0 Å². The molecule has 1 saturated heterocycles. The molecule has 0 spiro atoms. The van der Waals surface area contributed by atoms with E-state index in [1.807, 2.05) is 0 Å². The van der Waals surface area contributed by atoms with E-state index in [0.29, 0.717) is 11.6 Å². The highest BCUT2D eigenvalue weighted by Crippen LogP contribution is 2.21. The summed E-state index contributed by atoms with van der Waals surface area (Å²) in [4.78, 5) is 2.28. The van der Waals surface area contributed by atoms with Crippen molar-refractivity contribution in [3.05, 3.63) is 10.6 Å². The van der Waals surface area contributed by atoms with Gasteiger partial charge >= 0.3 is 0 Å². The zero-order valence-electron chi connectivity index (χ0n) is 8.02. The van der Waals surface area contributed by atoms with Crippen molar-refractivity contribution in [3.8, 4) is 0 Å². The minimum Gasteiger partial charge on any atom is -0.378 e. The second kappa shape index (κ2) is 4.65. The minimum absolute atomic E-state index is 0.0539. The maximum absolute atomic E-state index is 5.87. The highest BCUT2D eigenvalue weighted by atomic mass is 35.5. The highest BCUT2D eigenvalue weighted by Gasteiger charge is 2.30. The Hall–Kier alpha value is 0.240. The number of hydrogen-bond acceptors (Lipinski definition) is 2. The van der Waals surface area contributed by atoms with Crippen LogP contribution in [0.1, 0.15) is 13.8 Å². The summed E-state index contributed by atoms with van der Waals surface area (Å²) in [6.07, 6.45) is 0. The van der Waals surface area contributed by atoms with Gasteiger partial charge in [0.05, 0.1) is 13.2 Å². The summed E-state index contributed by atoms with van der Waals surface area (Å²) in [5, 5.41) is 0.677. The molecule has 0 amide bonds. The minimum atomic E-state index is 0.0539. The molecule has 1 rings (SSSR count). The Morgan fingerprint density at radius 2 is 2.31 bits per heavy atom. The van der Waals surface area contributed by atoms with E-state index in [1.54, 1.807) is 0 Å². The zero-order chi connectivity index (χ0) is 9.90. The van der Waals surface area contributed by atoms with Crippen molar-refractivity contribution in [1.29, 1.82) is 0 Å². The zero-order valence-corrected chi connectivity index (χ0v) is 9.53. The molecule has 13 heavy (non-hydrogen) atoms. The lowest BCUT2D eigenvalue weighted by Gasteiger charge is -2.41. The third-order valence-corrected chi connectivity index (χ3v) is 2.88. The molecular formula is C9H15Cl2NO. The number of ether oxygens (including phenoxy) is 1. The predicted molar refractivity (Wildman–Crippen MR) is 56.3 cm³/mol. The van der Waals surface area contributed by atoms with Gasteiger partial charge in [-0.2, -0.15) is 0 Å². The van der Waals surface area contributed by atoms with Crippen molar-refractivity contribution in [3.63, 3.8) is 0 Å². The fourth-order valence-electron chi connectivity index (χ4n) is 1.40. The molecule has 0 aromatic heterocycles. The first-order valence-corrected chi connectivity index (χ1v) is 5.15. The molecule has 4 heteroatoms. The van der Waals surface area contributed by atoms with E-state index >= 15 is 0 Å². The van der Waals surface area contributed by atoms with Gasteiger partial charge < -0.3 is 4.74 Å². The van der Waals surface area contributed by atoms with Crippen molar-refractivity contribution < 1.29 is 4.74 Å². The Bertz CT molecular complexity index is 204. The van der Waals surface area contributed by atoms with Gasteiger partial charge in [0.15, 0.2) is 0 Å². The molecule has 0 saturated carbocycles. The van der Waals surface area contributed by atoms with Gasteiger partial charge in [0.2, 0.25) is 0 Å². The molecule has 0 aromatic rings. The van der Waals surface area contributed by atoms with Crippen LogP contribution in [0.15, 0.2) is 10.6 Å². The summed E-state index contributed by atoms with van der Waals surface area (Å²) in [7, 11) is 0. The molecule has 0 radical (unpaired) electrons. The van der Waals surface area contributed by atoms with Crippen LogP contribution in [-0.4, -0.2) is 36.7 Å². The number of nitrogens with zero attached hydrogens (tertiary/aromatic N) is 1. The molecule has 1 aliphatic rings. The lowest BCUT2D eigenvalue weighted by molar-refractivity contribution is -0.0454. The smallest absolute Gasteiger partial charge is 0.0645 e. The number of morpholine rings is 1. The van der Waals surface area contributed by atoms with Crippen LogP contribution in [0.25, 0.3) is 0 Å². The van der Waals surface area contributed by atoms with Crippen molar-refractivity contribution in [1.82, 2.24) is 4.90 Å². The summed E-state index contributed by atoms with van der Waals surface area (Å²) in [5.41, 5.74) is 1.48. The van der Waals surface area contributed by atoms with E-state index in [4.69, 9.17) is 27.9 Å². The van der Waals surface area contributed by atoms with Crippen LogP contribution < -0.4 is 0 Å². The van der Waals surface area contributed by atoms with E-state index in [0.717, 1.165) is 19.8 Å². The summed E-state index contributed by atoms with van der Waals surface area (Å²) in [5.74, 6) is 0. The number of rotatable bonds is 2. The van der Waals surface area contributed by atoms with Gasteiger partial charge in [-0.25, -0.2) is 0 Å². The fourth-order valence-corrected chi connectivity index (χ4v) is 1.61. The van der Waals surface area contributed by atoms with Crippen molar-refractivity contribution in [2.75, 3.05) is 26.3 Å². The first kappa shape index (κ1) is 11.3. The maximum Gasteiger partial charge on any atom is 0.0645 e. The Morgan fingerprint density at radius 3 is 2.85 bits per heavy atom. The molecule has 0 bridgehead atoms. The molecule has 2 nitrogen and oxygen atoms in total. The Morgan fingerprint density at radius 1 is 1.62 bits per heavy atom. The molecule has 0 N–H and O–H groups in total. The summed E-state index contributed by atoms with van der Waals surface area (Å²) in [6.45, 7) is 7.43. The standard InChI is InChI=1S/C9H15Cl2NO/c1-9(2)7-13-4-3-12(9)6-8(11)5-10/h5H,3-4,6-7H2,1-2H3/b8-5-. The summed E-state index contributed by atoms with van der Waals surface area (Å²) in [6, 6.07) is 0. The first-order chi connectivity index (χ1) is 6.06. The van der Waals surface area contributed by atoms with Gasteiger partial charge in [-0.3, -0.25) is 4.90 Å². The quantitative estimate of drug-likeness (QED) is 0.714. The van der Waals surface area contributed by atoms with E-state index in [1.165, 1.54) is 5.54 Å². The SMILES string of the molecule is CC1(C)COCCN1C/C(Cl)=C/Cl. The lowest BCUT2D eigenvalue weighted by Crippen LogP contribution is -2.53. The molecule has 1 aliphatic heterocycles. The van der Waals surface area contributed by atoms with Crippen LogP contribution in [0.2, 0.25) is 0 Å². The van der Waals surface area contributed by atoms with Crippen molar-refractivity contribution >= 4 is 23.2 Å². The van der Waals surface area contributed by atoms with Crippen LogP contribution in [0.5, 0.6) is 0 Å². The van der Waals surface area contributed by atoms with Gasteiger partial charge in [0.25, 0.3) is 0 Å². The molecule has 0 unspecified atom stereocenters. The molecule has 1 heterocycles. The van der Waals surface area contributed by atoms with Crippen LogP contribution in [0, 0.1) is 0 Å². The third-order valence-electron chi connectivity index (χ3n) is 2.28. The highest BCUT2D eigenvalue weighted by molar-refractivity contribution is 6.36. The fraction of sp³-hybridized carbons (Fsp3) is 0.778. The molecule has 76 valence electrons. The largest absolute Gasteiger partial charge is 0.378 e. The molecule has 0 aliphatic carbocycles. The normalized spacial score (nSPS) is 24.8. The topological polar surface area (TPSA) is 12.5 Å². The van der Waals surface area contributed by atoms with Gasteiger partial charge in [-0.1, -0.05) is 23.2 Å². The van der Waals surface area contributed by atoms with Crippen LogP contribution >= 0.6 is 23.2 Å². The van der Waals surface area contributed by atoms with Gasteiger partial charge in [0.1, 0.15) is 0 Å². The van der Waals surface area contributed by atoms with E-state index < -0.39 is 0 Å². The molecule has 0 atom stereocenters. The number of hydrogen-bond donors (Lipinski definition) is 0. The molecular weight excluding hydrogens is 209 g/mol. The van der Waals surface area contributed by atoms with Gasteiger partial charge in [-0.15, -0.1) is 0 Å². The summed E-state index contributed by atoms with van der Waals surface area (Å²) < 4.78 is 5.39. The van der Waals surface area contributed by atoms with Crippen LogP contribution in [-0.2, 0) is 4.74 Å². The first-order valence-electron chi connectivity index (χ1n) is 4.34. The second-order valence-electron chi connectivity index (χ2n) is 3.84. The monoisotopic (exact) mass is 223 g/mol.